The van der Waals surface area contributed by atoms with Gasteiger partial charge in [0.1, 0.15) is 16.7 Å². The van der Waals surface area contributed by atoms with Gasteiger partial charge in [0, 0.05) is 29.7 Å². The second-order valence-corrected chi connectivity index (χ2v) is 9.88. The molecule has 1 saturated heterocycles. The molecule has 192 valence electrons. The molecule has 9 heteroatoms. The van der Waals surface area contributed by atoms with E-state index in [9.17, 15) is 9.59 Å². The molecule has 0 spiro atoms. The summed E-state index contributed by atoms with van der Waals surface area (Å²) >= 11 is 7.31. The van der Waals surface area contributed by atoms with Gasteiger partial charge in [-0.15, -0.1) is 0 Å². The van der Waals surface area contributed by atoms with Crippen molar-refractivity contribution in [3.8, 4) is 11.5 Å². The molecule has 1 aliphatic rings. The average Bonchev–Trinajstić information content (AvgIpc) is 3.17. The molecule has 0 saturated carbocycles. The lowest BCUT2D eigenvalue weighted by molar-refractivity contribution is -0.128. The van der Waals surface area contributed by atoms with Crippen LogP contribution in [-0.2, 0) is 16.0 Å². The van der Waals surface area contributed by atoms with Crippen LogP contribution in [0.4, 0.5) is 11.4 Å². The van der Waals surface area contributed by atoms with Gasteiger partial charge in [-0.25, -0.2) is 4.99 Å². The Labute approximate surface area is 225 Å². The molecule has 0 unspecified atom stereocenters. The zero-order valence-corrected chi connectivity index (χ0v) is 22.2. The topological polar surface area (TPSA) is 80.2 Å². The lowest BCUT2D eigenvalue weighted by atomic mass is 10.1. The third-order valence-electron chi connectivity index (χ3n) is 5.65. The molecule has 3 aromatic carbocycles. The summed E-state index contributed by atoms with van der Waals surface area (Å²) < 4.78 is 10.7. The van der Waals surface area contributed by atoms with Crippen LogP contribution >= 0.6 is 23.4 Å². The molecule has 1 fully saturated rings. The van der Waals surface area contributed by atoms with Crippen LogP contribution in [0.5, 0.6) is 11.5 Å². The number of nitrogens with one attached hydrogen (secondary N) is 1. The minimum Gasteiger partial charge on any atom is -0.497 e. The Bertz CT molecular complexity index is 1270. The molecule has 0 aliphatic carbocycles. The van der Waals surface area contributed by atoms with Gasteiger partial charge in [0.2, 0.25) is 11.8 Å². The lowest BCUT2D eigenvalue weighted by Gasteiger charge is -2.16. The lowest BCUT2D eigenvalue weighted by Crippen LogP contribution is -2.35. The summed E-state index contributed by atoms with van der Waals surface area (Å²) in [6.07, 6.45) is 0.662. The first-order chi connectivity index (χ1) is 17.9. The maximum absolute atomic E-state index is 13.4. The van der Waals surface area contributed by atoms with Crippen molar-refractivity contribution in [1.29, 1.82) is 0 Å². The predicted molar refractivity (Wildman–Crippen MR) is 149 cm³/mol. The highest BCUT2D eigenvalue weighted by molar-refractivity contribution is 8.15. The number of nitrogens with zero attached hydrogens (tertiary/aromatic N) is 2. The number of carbonyl (C=O) groups is 2. The largest absolute Gasteiger partial charge is 0.497 e. The highest BCUT2D eigenvalue weighted by Crippen LogP contribution is 2.32. The Morgan fingerprint density at radius 3 is 2.54 bits per heavy atom. The van der Waals surface area contributed by atoms with Crippen LogP contribution in [0.1, 0.15) is 18.9 Å². The zero-order chi connectivity index (χ0) is 26.2. The predicted octanol–water partition coefficient (Wildman–Crippen LogP) is 5.95. The van der Waals surface area contributed by atoms with Gasteiger partial charge in [-0.2, -0.15) is 0 Å². The number of hydrogen-bond acceptors (Lipinski definition) is 6. The van der Waals surface area contributed by atoms with E-state index < -0.39 is 5.25 Å². The molecule has 2 amide bonds. The first-order valence-electron chi connectivity index (χ1n) is 11.9. The molecule has 1 aliphatic heterocycles. The summed E-state index contributed by atoms with van der Waals surface area (Å²) in [4.78, 5) is 32.6. The van der Waals surface area contributed by atoms with E-state index >= 15 is 0 Å². The second kappa shape index (κ2) is 12.7. The molecule has 1 N–H and O–H groups in total. The Morgan fingerprint density at radius 2 is 1.84 bits per heavy atom. The number of ether oxygens (including phenoxy) is 2. The van der Waals surface area contributed by atoms with Crippen molar-refractivity contribution in [3.05, 3.63) is 83.4 Å². The van der Waals surface area contributed by atoms with Gasteiger partial charge in [0.15, 0.2) is 5.17 Å². The Morgan fingerprint density at radius 1 is 1.08 bits per heavy atom. The number of amides is 2. The number of rotatable bonds is 10. The summed E-state index contributed by atoms with van der Waals surface area (Å²) in [6, 6.07) is 22.0. The maximum atomic E-state index is 13.4. The molecule has 0 bridgehead atoms. The molecule has 1 heterocycles. The van der Waals surface area contributed by atoms with E-state index in [4.69, 9.17) is 26.1 Å². The summed E-state index contributed by atoms with van der Waals surface area (Å²) in [6.45, 7) is 2.88. The van der Waals surface area contributed by atoms with Crippen LogP contribution in [0.2, 0.25) is 5.02 Å². The van der Waals surface area contributed by atoms with Crippen molar-refractivity contribution in [1.82, 2.24) is 4.90 Å². The SMILES string of the molecule is CCOc1cccc(NC(=O)C[C@H]2SC(=Nc3ccc(OC)cc3)N(CCc3ccc(Cl)cc3)C2=O)c1. The second-order valence-electron chi connectivity index (χ2n) is 8.28. The van der Waals surface area contributed by atoms with E-state index in [0.29, 0.717) is 46.9 Å². The van der Waals surface area contributed by atoms with Gasteiger partial charge in [-0.3, -0.25) is 14.5 Å². The number of carbonyl (C=O) groups excluding carboxylic acids is 2. The highest BCUT2D eigenvalue weighted by atomic mass is 35.5. The van der Waals surface area contributed by atoms with Gasteiger partial charge < -0.3 is 14.8 Å². The number of methoxy groups -OCH3 is 1. The Balaban J connectivity index is 1.49. The Kier molecular flexibility index (Phi) is 9.09. The van der Waals surface area contributed by atoms with E-state index in [2.05, 4.69) is 5.32 Å². The first kappa shape index (κ1) is 26.6. The molecule has 1 atom stereocenters. The van der Waals surface area contributed by atoms with E-state index in [1.54, 1.807) is 24.1 Å². The number of anilines is 1. The van der Waals surface area contributed by atoms with E-state index in [-0.39, 0.29) is 18.2 Å². The van der Waals surface area contributed by atoms with Crippen molar-refractivity contribution >= 4 is 51.7 Å². The Hall–Kier alpha value is -3.49. The van der Waals surface area contributed by atoms with Gasteiger partial charge in [-0.05, 0) is 67.4 Å². The summed E-state index contributed by atoms with van der Waals surface area (Å²) in [5, 5.41) is 3.53. The fraction of sp³-hybridized carbons (Fsp3) is 0.250. The normalized spacial score (nSPS) is 16.2. The van der Waals surface area contributed by atoms with Crippen LogP contribution in [0.15, 0.2) is 77.8 Å². The van der Waals surface area contributed by atoms with Crippen LogP contribution in [0.3, 0.4) is 0 Å². The smallest absolute Gasteiger partial charge is 0.242 e. The quantitative estimate of drug-likeness (QED) is 0.345. The first-order valence-corrected chi connectivity index (χ1v) is 13.2. The summed E-state index contributed by atoms with van der Waals surface area (Å²) in [5.41, 5.74) is 2.38. The monoisotopic (exact) mass is 537 g/mol. The molecule has 0 aromatic heterocycles. The summed E-state index contributed by atoms with van der Waals surface area (Å²) in [7, 11) is 1.60. The van der Waals surface area contributed by atoms with Crippen molar-refractivity contribution < 1.29 is 19.1 Å². The summed E-state index contributed by atoms with van der Waals surface area (Å²) in [5.74, 6) is 1.02. The number of benzene rings is 3. The fourth-order valence-corrected chi connectivity index (χ4v) is 5.11. The highest BCUT2D eigenvalue weighted by Gasteiger charge is 2.39. The van der Waals surface area contributed by atoms with Crippen molar-refractivity contribution in [2.45, 2.75) is 25.0 Å². The number of thioether (sulfide) groups is 1. The minimum atomic E-state index is -0.572. The van der Waals surface area contributed by atoms with Crippen LogP contribution in [0, 0.1) is 0 Å². The molecule has 7 nitrogen and oxygen atoms in total. The zero-order valence-electron chi connectivity index (χ0n) is 20.6. The molecule has 37 heavy (non-hydrogen) atoms. The number of aliphatic imine (C=N–C) groups is 1. The molecule has 0 radical (unpaired) electrons. The fourth-order valence-electron chi connectivity index (χ4n) is 3.80. The molecule has 3 aromatic rings. The van der Waals surface area contributed by atoms with E-state index in [1.807, 2.05) is 67.6 Å². The van der Waals surface area contributed by atoms with Crippen molar-refractivity contribution in [2.75, 3.05) is 25.6 Å². The molecular weight excluding hydrogens is 510 g/mol. The third-order valence-corrected chi connectivity index (χ3v) is 7.08. The van der Waals surface area contributed by atoms with Crippen LogP contribution in [0.25, 0.3) is 0 Å². The van der Waals surface area contributed by atoms with Gasteiger partial charge >= 0.3 is 0 Å². The van der Waals surface area contributed by atoms with Crippen molar-refractivity contribution in [2.24, 2.45) is 4.99 Å². The third kappa shape index (κ3) is 7.27. The van der Waals surface area contributed by atoms with Gasteiger partial charge in [0.25, 0.3) is 0 Å². The van der Waals surface area contributed by atoms with Gasteiger partial charge in [-0.1, -0.05) is 41.6 Å². The van der Waals surface area contributed by atoms with Crippen LogP contribution in [-0.4, -0.2) is 47.4 Å². The van der Waals surface area contributed by atoms with E-state index in [0.717, 1.165) is 11.3 Å². The van der Waals surface area contributed by atoms with Crippen LogP contribution < -0.4 is 14.8 Å². The average molecular weight is 538 g/mol. The number of hydrogen-bond donors (Lipinski definition) is 1. The maximum Gasteiger partial charge on any atom is 0.242 e. The number of amidine groups is 1. The van der Waals surface area contributed by atoms with E-state index in [1.165, 1.54) is 11.8 Å². The number of halogens is 1. The molecule has 4 rings (SSSR count). The minimum absolute atomic E-state index is 0.0292. The molecular formula is C28H28ClN3O4S. The standard InChI is InChI=1S/C28H28ClN3O4S/c1-3-36-24-6-4-5-22(17-24)30-26(33)18-25-27(34)32(16-15-19-7-9-20(29)10-8-19)28(37-25)31-21-11-13-23(35-2)14-12-21/h4-14,17,25H,3,15-16,18H2,1-2H3,(H,30,33)/t25-/m1/s1. The van der Waals surface area contributed by atoms with Crippen molar-refractivity contribution in [3.63, 3.8) is 0 Å². The van der Waals surface area contributed by atoms with Gasteiger partial charge in [0.05, 0.1) is 19.4 Å².